The van der Waals surface area contributed by atoms with Crippen molar-refractivity contribution < 1.29 is 0 Å². The second-order valence-corrected chi connectivity index (χ2v) is 3.69. The van der Waals surface area contributed by atoms with E-state index in [1.165, 1.54) is 0 Å². The molecule has 0 aromatic carbocycles. The van der Waals surface area contributed by atoms with Crippen LogP contribution in [0.15, 0.2) is 0 Å². The van der Waals surface area contributed by atoms with Gasteiger partial charge in [0.05, 0.1) is 5.69 Å². The molecule has 0 radical (unpaired) electrons. The number of fused-ring (bicyclic) bond motifs is 1. The van der Waals surface area contributed by atoms with Crippen LogP contribution < -0.4 is 0 Å². The van der Waals surface area contributed by atoms with Crippen LogP contribution in [-0.2, 0) is 19.5 Å². The first-order valence-corrected chi connectivity index (χ1v) is 4.93. The highest BCUT2D eigenvalue weighted by molar-refractivity contribution is 5.36. The fourth-order valence-corrected chi connectivity index (χ4v) is 1.92. The Morgan fingerprint density at radius 1 is 1.57 bits per heavy atom. The summed E-state index contributed by atoms with van der Waals surface area (Å²) in [6.45, 7) is 4.69. The molecular weight excluding hydrogens is 176 g/mol. The zero-order valence-electron chi connectivity index (χ0n) is 8.62. The molecule has 0 N–H and O–H groups in total. The molecule has 0 saturated heterocycles. The lowest BCUT2D eigenvalue weighted by molar-refractivity contribution is 0.311. The predicted molar refractivity (Wildman–Crippen MR) is 52.7 cm³/mol. The van der Waals surface area contributed by atoms with Gasteiger partial charge in [-0.2, -0.15) is 10.4 Å². The maximum atomic E-state index is 9.05. The summed E-state index contributed by atoms with van der Waals surface area (Å²) >= 11 is 0. The van der Waals surface area contributed by atoms with E-state index >= 15 is 0 Å². The number of nitriles is 1. The molecule has 0 spiro atoms. The third-order valence-electron chi connectivity index (χ3n) is 2.70. The van der Waals surface area contributed by atoms with Crippen LogP contribution in [0.4, 0.5) is 0 Å². The van der Waals surface area contributed by atoms with Crippen molar-refractivity contribution in [3.63, 3.8) is 0 Å². The Bertz CT molecular complexity index is 386. The van der Waals surface area contributed by atoms with Crippen LogP contribution in [-0.4, -0.2) is 28.3 Å². The van der Waals surface area contributed by atoms with Gasteiger partial charge in [-0.1, -0.05) is 0 Å². The maximum absolute atomic E-state index is 9.05. The minimum absolute atomic E-state index is 0.744. The van der Waals surface area contributed by atoms with Gasteiger partial charge in [0.2, 0.25) is 0 Å². The molecule has 0 amide bonds. The SMILES string of the molecule is CCn1nc2c(c1C#N)CN(C)CC2. The highest BCUT2D eigenvalue weighted by Crippen LogP contribution is 2.20. The Hall–Kier alpha value is -1.34. The molecule has 1 aromatic heterocycles. The van der Waals surface area contributed by atoms with E-state index in [-0.39, 0.29) is 0 Å². The van der Waals surface area contributed by atoms with Crippen molar-refractivity contribution in [3.05, 3.63) is 17.0 Å². The molecule has 14 heavy (non-hydrogen) atoms. The first-order valence-electron chi connectivity index (χ1n) is 4.93. The van der Waals surface area contributed by atoms with Crippen molar-refractivity contribution >= 4 is 0 Å². The van der Waals surface area contributed by atoms with Crippen molar-refractivity contribution in [2.45, 2.75) is 26.4 Å². The average Bonchev–Trinajstić information content (AvgIpc) is 2.54. The molecule has 4 nitrogen and oxygen atoms in total. The summed E-state index contributed by atoms with van der Waals surface area (Å²) in [6.07, 6.45) is 0.966. The van der Waals surface area contributed by atoms with Crippen molar-refractivity contribution in [2.24, 2.45) is 0 Å². The molecule has 0 fully saturated rings. The first-order chi connectivity index (χ1) is 6.76. The second-order valence-electron chi connectivity index (χ2n) is 3.69. The molecule has 0 atom stereocenters. The Morgan fingerprint density at radius 3 is 3.00 bits per heavy atom. The summed E-state index contributed by atoms with van der Waals surface area (Å²) in [4.78, 5) is 2.23. The van der Waals surface area contributed by atoms with Crippen molar-refractivity contribution in [3.8, 4) is 6.07 Å². The molecule has 0 aliphatic carbocycles. The topological polar surface area (TPSA) is 44.9 Å². The largest absolute Gasteiger partial charge is 0.302 e. The van der Waals surface area contributed by atoms with Gasteiger partial charge < -0.3 is 4.90 Å². The number of hydrogen-bond acceptors (Lipinski definition) is 3. The summed E-state index contributed by atoms with van der Waals surface area (Å²) in [5.41, 5.74) is 2.98. The monoisotopic (exact) mass is 190 g/mol. The summed E-state index contributed by atoms with van der Waals surface area (Å²) in [5.74, 6) is 0. The van der Waals surface area contributed by atoms with E-state index < -0.39 is 0 Å². The molecular formula is C10H14N4. The smallest absolute Gasteiger partial charge is 0.143 e. The third-order valence-corrected chi connectivity index (χ3v) is 2.70. The van der Waals surface area contributed by atoms with Gasteiger partial charge in [-0.3, -0.25) is 4.68 Å². The molecule has 1 aromatic rings. The Kier molecular flexibility index (Phi) is 2.26. The minimum Gasteiger partial charge on any atom is -0.302 e. The van der Waals surface area contributed by atoms with E-state index in [0.717, 1.165) is 43.0 Å². The molecule has 1 aliphatic heterocycles. The highest BCUT2D eigenvalue weighted by atomic mass is 15.3. The summed E-state index contributed by atoms with van der Waals surface area (Å²) in [5, 5.41) is 13.5. The quantitative estimate of drug-likeness (QED) is 0.656. The highest BCUT2D eigenvalue weighted by Gasteiger charge is 2.21. The lowest BCUT2D eigenvalue weighted by atomic mass is 10.1. The first kappa shape index (κ1) is 9.22. The lowest BCUT2D eigenvalue weighted by Crippen LogP contribution is -2.26. The van der Waals surface area contributed by atoms with E-state index in [4.69, 9.17) is 5.26 Å². The van der Waals surface area contributed by atoms with Gasteiger partial charge in [0.1, 0.15) is 11.8 Å². The zero-order chi connectivity index (χ0) is 10.1. The van der Waals surface area contributed by atoms with E-state index in [1.54, 1.807) is 0 Å². The number of aryl methyl sites for hydroxylation is 1. The standard InChI is InChI=1S/C10H14N4/c1-3-14-10(6-11)8-7-13(2)5-4-9(8)12-14/h3-5,7H2,1-2H3. The van der Waals surface area contributed by atoms with Gasteiger partial charge in [-0.15, -0.1) is 0 Å². The van der Waals surface area contributed by atoms with Crippen LogP contribution in [0.1, 0.15) is 23.9 Å². The summed E-state index contributed by atoms with van der Waals surface area (Å²) in [6, 6.07) is 2.25. The lowest BCUT2D eigenvalue weighted by Gasteiger charge is -2.20. The number of likely N-dealkylation sites (N-methyl/N-ethyl adjacent to an activating group) is 1. The van der Waals surface area contributed by atoms with E-state index in [2.05, 4.69) is 23.1 Å². The zero-order valence-corrected chi connectivity index (χ0v) is 8.62. The van der Waals surface area contributed by atoms with Gasteiger partial charge in [0, 0.05) is 31.6 Å². The average molecular weight is 190 g/mol. The van der Waals surface area contributed by atoms with Crippen LogP contribution in [0.25, 0.3) is 0 Å². The molecule has 1 aliphatic rings. The fraction of sp³-hybridized carbons (Fsp3) is 0.600. The van der Waals surface area contributed by atoms with Crippen LogP contribution in [0.3, 0.4) is 0 Å². The van der Waals surface area contributed by atoms with Gasteiger partial charge in [0.15, 0.2) is 0 Å². The van der Waals surface area contributed by atoms with E-state index in [1.807, 2.05) is 11.6 Å². The molecule has 0 bridgehead atoms. The van der Waals surface area contributed by atoms with Gasteiger partial charge >= 0.3 is 0 Å². The number of hydrogen-bond donors (Lipinski definition) is 0. The van der Waals surface area contributed by atoms with Crippen LogP contribution in [0, 0.1) is 11.3 Å². The molecule has 0 unspecified atom stereocenters. The molecule has 2 heterocycles. The van der Waals surface area contributed by atoms with Gasteiger partial charge in [0.25, 0.3) is 0 Å². The maximum Gasteiger partial charge on any atom is 0.143 e. The number of nitrogens with zero attached hydrogens (tertiary/aromatic N) is 4. The van der Waals surface area contributed by atoms with Crippen LogP contribution in [0.5, 0.6) is 0 Å². The number of rotatable bonds is 1. The summed E-state index contributed by atoms with van der Waals surface area (Å²) < 4.78 is 1.81. The molecule has 74 valence electrons. The van der Waals surface area contributed by atoms with E-state index in [9.17, 15) is 0 Å². The van der Waals surface area contributed by atoms with Crippen molar-refractivity contribution in [2.75, 3.05) is 13.6 Å². The van der Waals surface area contributed by atoms with Crippen molar-refractivity contribution in [1.82, 2.24) is 14.7 Å². The summed E-state index contributed by atoms with van der Waals surface area (Å²) in [7, 11) is 2.08. The predicted octanol–water partition coefficient (Wildman–Crippen LogP) is 0.763. The van der Waals surface area contributed by atoms with Gasteiger partial charge in [-0.05, 0) is 14.0 Å². The van der Waals surface area contributed by atoms with Crippen LogP contribution in [0.2, 0.25) is 0 Å². The van der Waals surface area contributed by atoms with E-state index in [0.29, 0.717) is 0 Å². The van der Waals surface area contributed by atoms with Crippen LogP contribution >= 0.6 is 0 Å². The Labute approximate surface area is 83.7 Å². The molecule has 4 heteroatoms. The number of aromatic nitrogens is 2. The normalized spacial score (nSPS) is 16.4. The van der Waals surface area contributed by atoms with Crippen molar-refractivity contribution in [1.29, 1.82) is 5.26 Å². The molecule has 2 rings (SSSR count). The Morgan fingerprint density at radius 2 is 2.36 bits per heavy atom. The molecule has 0 saturated carbocycles. The second kappa shape index (κ2) is 3.43. The minimum atomic E-state index is 0.744. The Balaban J connectivity index is 2.48. The fourth-order valence-electron chi connectivity index (χ4n) is 1.92. The third kappa shape index (κ3) is 1.30. The van der Waals surface area contributed by atoms with Gasteiger partial charge in [-0.25, -0.2) is 0 Å².